The molecule has 0 aromatic carbocycles. The lowest BCUT2D eigenvalue weighted by atomic mass is 9.91. The molecule has 1 N–H and O–H groups in total. The van der Waals surface area contributed by atoms with Gasteiger partial charge in [-0.05, 0) is 6.92 Å². The molecule has 0 saturated heterocycles. The first-order valence-electron chi connectivity index (χ1n) is 2.79. The number of hydrogen-bond donors (Lipinski definition) is 1. The van der Waals surface area contributed by atoms with E-state index in [1.807, 2.05) is 13.8 Å². The minimum atomic E-state index is -0.184. The minimum Gasteiger partial charge on any atom is -0.411 e. The van der Waals surface area contributed by atoms with E-state index in [9.17, 15) is 0 Å². The van der Waals surface area contributed by atoms with Crippen molar-refractivity contribution < 1.29 is 5.21 Å². The summed E-state index contributed by atoms with van der Waals surface area (Å²) in [5.41, 5.74) is 0.480. The van der Waals surface area contributed by atoms with E-state index in [4.69, 9.17) is 16.8 Å². The first-order valence-corrected chi connectivity index (χ1v) is 3.33. The smallest absolute Gasteiger partial charge is 0.0607 e. The van der Waals surface area contributed by atoms with Gasteiger partial charge in [-0.3, -0.25) is 0 Å². The second-order valence-corrected chi connectivity index (χ2v) is 2.97. The Morgan fingerprint density at radius 2 is 2.11 bits per heavy atom. The van der Waals surface area contributed by atoms with E-state index in [1.54, 1.807) is 6.92 Å². The van der Waals surface area contributed by atoms with Crippen LogP contribution in [0.15, 0.2) is 5.16 Å². The SMILES string of the molecule is C/C(=N\O)C(C)(C)CCl. The maximum Gasteiger partial charge on any atom is 0.0607 e. The molecule has 0 saturated carbocycles. The molecule has 0 fully saturated rings. The predicted molar refractivity (Wildman–Crippen MR) is 39.4 cm³/mol. The largest absolute Gasteiger partial charge is 0.411 e. The average molecular weight is 150 g/mol. The van der Waals surface area contributed by atoms with E-state index >= 15 is 0 Å². The Hall–Kier alpha value is -0.240. The van der Waals surface area contributed by atoms with E-state index in [0.717, 1.165) is 0 Å². The lowest BCUT2D eigenvalue weighted by Gasteiger charge is -2.18. The molecule has 0 bridgehead atoms. The summed E-state index contributed by atoms with van der Waals surface area (Å²) < 4.78 is 0. The zero-order valence-corrected chi connectivity index (χ0v) is 6.74. The van der Waals surface area contributed by atoms with E-state index < -0.39 is 0 Å². The third-order valence-corrected chi connectivity index (χ3v) is 2.13. The molecule has 0 amide bonds. The maximum absolute atomic E-state index is 8.33. The van der Waals surface area contributed by atoms with Crippen LogP contribution in [0.5, 0.6) is 0 Å². The van der Waals surface area contributed by atoms with Gasteiger partial charge in [0.1, 0.15) is 0 Å². The van der Waals surface area contributed by atoms with Crippen LogP contribution in [0.1, 0.15) is 20.8 Å². The summed E-state index contributed by atoms with van der Waals surface area (Å²) in [6.07, 6.45) is 0. The second-order valence-electron chi connectivity index (χ2n) is 2.70. The molecule has 0 spiro atoms. The van der Waals surface area contributed by atoms with Crippen molar-refractivity contribution in [3.63, 3.8) is 0 Å². The molecule has 9 heavy (non-hydrogen) atoms. The maximum atomic E-state index is 8.33. The summed E-state index contributed by atoms with van der Waals surface area (Å²) in [6, 6.07) is 0. The molecule has 0 aromatic heterocycles. The Labute approximate surface area is 60.5 Å². The molecule has 2 nitrogen and oxygen atoms in total. The summed E-state index contributed by atoms with van der Waals surface area (Å²) in [5, 5.41) is 11.4. The van der Waals surface area contributed by atoms with E-state index in [-0.39, 0.29) is 5.41 Å². The zero-order chi connectivity index (χ0) is 7.49. The summed E-state index contributed by atoms with van der Waals surface area (Å²) >= 11 is 5.57. The van der Waals surface area contributed by atoms with E-state index in [0.29, 0.717) is 11.6 Å². The van der Waals surface area contributed by atoms with Crippen molar-refractivity contribution in [2.24, 2.45) is 10.6 Å². The van der Waals surface area contributed by atoms with Gasteiger partial charge in [0.2, 0.25) is 0 Å². The number of hydrogen-bond acceptors (Lipinski definition) is 2. The summed E-state index contributed by atoms with van der Waals surface area (Å²) in [5.74, 6) is 0.475. The lowest BCUT2D eigenvalue weighted by Crippen LogP contribution is -2.23. The molecule has 0 aliphatic heterocycles. The van der Waals surface area contributed by atoms with Crippen LogP contribution in [-0.2, 0) is 0 Å². The number of oxime groups is 1. The summed E-state index contributed by atoms with van der Waals surface area (Å²) in [4.78, 5) is 0. The van der Waals surface area contributed by atoms with Crippen LogP contribution in [0.25, 0.3) is 0 Å². The van der Waals surface area contributed by atoms with Crippen LogP contribution in [0, 0.1) is 5.41 Å². The van der Waals surface area contributed by atoms with Gasteiger partial charge < -0.3 is 5.21 Å². The van der Waals surface area contributed by atoms with Gasteiger partial charge >= 0.3 is 0 Å². The van der Waals surface area contributed by atoms with Crippen molar-refractivity contribution in [2.75, 3.05) is 5.88 Å². The van der Waals surface area contributed by atoms with Crippen molar-refractivity contribution in [2.45, 2.75) is 20.8 Å². The predicted octanol–water partition coefficient (Wildman–Crippen LogP) is 2.10. The highest BCUT2D eigenvalue weighted by Gasteiger charge is 2.20. The molecule has 0 unspecified atom stereocenters. The van der Waals surface area contributed by atoms with E-state index in [2.05, 4.69) is 5.16 Å². The molecular formula is C6H12ClNO. The first-order chi connectivity index (χ1) is 4.04. The zero-order valence-electron chi connectivity index (χ0n) is 5.98. The fraction of sp³-hybridized carbons (Fsp3) is 0.833. The first kappa shape index (κ1) is 8.76. The molecule has 0 rings (SSSR count). The fourth-order valence-electron chi connectivity index (χ4n) is 0.232. The molecule has 0 aliphatic carbocycles. The van der Waals surface area contributed by atoms with Gasteiger partial charge in [-0.2, -0.15) is 0 Å². The number of halogens is 1. The van der Waals surface area contributed by atoms with Crippen LogP contribution < -0.4 is 0 Å². The molecule has 0 aliphatic rings. The minimum absolute atomic E-state index is 0.184. The number of alkyl halides is 1. The van der Waals surface area contributed by atoms with Gasteiger partial charge in [0.25, 0.3) is 0 Å². The molecular weight excluding hydrogens is 138 g/mol. The van der Waals surface area contributed by atoms with Crippen LogP contribution >= 0.6 is 11.6 Å². The summed E-state index contributed by atoms with van der Waals surface area (Å²) in [7, 11) is 0. The third-order valence-electron chi connectivity index (χ3n) is 1.46. The fourth-order valence-corrected chi connectivity index (χ4v) is 0.425. The van der Waals surface area contributed by atoms with Gasteiger partial charge in [0.15, 0.2) is 0 Å². The number of rotatable bonds is 2. The van der Waals surface area contributed by atoms with Crippen molar-refractivity contribution in [3.8, 4) is 0 Å². The highest BCUT2D eigenvalue weighted by atomic mass is 35.5. The van der Waals surface area contributed by atoms with Gasteiger partial charge in [-0.25, -0.2) is 0 Å². The van der Waals surface area contributed by atoms with Crippen LogP contribution in [0.4, 0.5) is 0 Å². The Balaban J connectivity index is 4.14. The Kier molecular flexibility index (Phi) is 2.98. The van der Waals surface area contributed by atoms with Crippen LogP contribution in [0.3, 0.4) is 0 Å². The standard InChI is InChI=1S/C6H12ClNO/c1-5(8-9)6(2,3)4-7/h9H,4H2,1-3H3/b8-5+. The van der Waals surface area contributed by atoms with Crippen LogP contribution in [-0.4, -0.2) is 16.8 Å². The number of nitrogens with zero attached hydrogens (tertiary/aromatic N) is 1. The molecule has 0 radical (unpaired) electrons. The van der Waals surface area contributed by atoms with Gasteiger partial charge in [-0.15, -0.1) is 11.6 Å². The van der Waals surface area contributed by atoms with Crippen molar-refractivity contribution >= 4 is 17.3 Å². The highest BCUT2D eigenvalue weighted by Crippen LogP contribution is 2.18. The van der Waals surface area contributed by atoms with Gasteiger partial charge in [-0.1, -0.05) is 19.0 Å². The monoisotopic (exact) mass is 149 g/mol. The molecule has 0 aromatic rings. The molecule has 3 heteroatoms. The quantitative estimate of drug-likeness (QED) is 0.277. The van der Waals surface area contributed by atoms with Crippen molar-refractivity contribution in [1.82, 2.24) is 0 Å². The normalized spacial score (nSPS) is 14.0. The topological polar surface area (TPSA) is 32.6 Å². The second kappa shape index (κ2) is 3.06. The lowest BCUT2D eigenvalue weighted by molar-refractivity contribution is 0.311. The Morgan fingerprint density at radius 1 is 1.67 bits per heavy atom. The van der Waals surface area contributed by atoms with Gasteiger partial charge in [0, 0.05) is 11.3 Å². The summed E-state index contributed by atoms with van der Waals surface area (Å²) in [6.45, 7) is 5.60. The van der Waals surface area contributed by atoms with E-state index in [1.165, 1.54) is 0 Å². The Morgan fingerprint density at radius 3 is 2.22 bits per heavy atom. The van der Waals surface area contributed by atoms with Crippen molar-refractivity contribution in [3.05, 3.63) is 0 Å². The molecule has 0 atom stereocenters. The molecule has 54 valence electrons. The van der Waals surface area contributed by atoms with Crippen molar-refractivity contribution in [1.29, 1.82) is 0 Å². The molecule has 0 heterocycles. The van der Waals surface area contributed by atoms with Crippen LogP contribution in [0.2, 0.25) is 0 Å². The highest BCUT2D eigenvalue weighted by molar-refractivity contribution is 6.20. The average Bonchev–Trinajstić information content (AvgIpc) is 1.86. The Bertz CT molecular complexity index is 120. The van der Waals surface area contributed by atoms with Gasteiger partial charge in [0.05, 0.1) is 5.71 Å². The third kappa shape index (κ3) is 2.22.